The summed E-state index contributed by atoms with van der Waals surface area (Å²) in [6.45, 7) is 4.88. The second-order valence-electron chi connectivity index (χ2n) is 6.89. The van der Waals surface area contributed by atoms with Gasteiger partial charge in [0.05, 0.1) is 17.5 Å². The van der Waals surface area contributed by atoms with E-state index in [0.717, 1.165) is 43.9 Å². The highest BCUT2D eigenvalue weighted by Gasteiger charge is 2.41. The number of aryl methyl sites for hydroxylation is 1. The highest BCUT2D eigenvalue weighted by molar-refractivity contribution is 7.09. The molecular weight excluding hydrogens is 334 g/mol. The number of piperidine rings is 1. The number of ether oxygens (including phenoxy) is 1. The fraction of sp³-hybridized carbons (Fsp3) is 0.474. The highest BCUT2D eigenvalue weighted by Crippen LogP contribution is 2.34. The van der Waals surface area contributed by atoms with Crippen molar-refractivity contribution in [2.75, 3.05) is 18.4 Å². The number of carbonyl (C=O) groups excluding carboxylic acids is 1. The van der Waals surface area contributed by atoms with Crippen LogP contribution in [0.25, 0.3) is 0 Å². The summed E-state index contributed by atoms with van der Waals surface area (Å²) < 4.78 is 6.12. The molecule has 1 N–H and O–H groups in total. The van der Waals surface area contributed by atoms with Crippen LogP contribution in [0.2, 0.25) is 0 Å². The first-order valence-corrected chi connectivity index (χ1v) is 9.69. The number of nitrogens with zero attached hydrogens (tertiary/aromatic N) is 2. The van der Waals surface area contributed by atoms with Crippen molar-refractivity contribution in [2.24, 2.45) is 5.92 Å². The minimum Gasteiger partial charge on any atom is -0.364 e. The van der Waals surface area contributed by atoms with Crippen LogP contribution in [0.3, 0.4) is 0 Å². The molecule has 0 spiro atoms. The van der Waals surface area contributed by atoms with Crippen LogP contribution in [0, 0.1) is 12.8 Å². The standard InChI is InChI=1S/C19H23N3O2S/c1-13-16(5-2-7-20-13)21-19(23)17-10-14-6-8-22(12-18(14)24-17)11-15-4-3-9-25-15/h2-5,7,9,14,17-18H,6,8,10-12H2,1H3,(H,21,23)/t14-,17+,18-/m1/s1. The van der Waals surface area contributed by atoms with Gasteiger partial charge in [-0.2, -0.15) is 0 Å². The van der Waals surface area contributed by atoms with Crippen LogP contribution >= 0.6 is 11.3 Å². The normalized spacial score (nSPS) is 26.4. The van der Waals surface area contributed by atoms with Gasteiger partial charge >= 0.3 is 0 Å². The van der Waals surface area contributed by atoms with Gasteiger partial charge in [0.15, 0.2) is 0 Å². The van der Waals surface area contributed by atoms with E-state index in [9.17, 15) is 4.79 Å². The Labute approximate surface area is 152 Å². The summed E-state index contributed by atoms with van der Waals surface area (Å²) in [5.74, 6) is 0.445. The lowest BCUT2D eigenvalue weighted by molar-refractivity contribution is -0.127. The van der Waals surface area contributed by atoms with E-state index in [-0.39, 0.29) is 18.1 Å². The van der Waals surface area contributed by atoms with Gasteiger partial charge in [0.25, 0.3) is 5.91 Å². The molecule has 2 saturated heterocycles. The van der Waals surface area contributed by atoms with Gasteiger partial charge in [0.1, 0.15) is 6.10 Å². The molecule has 1 amide bonds. The van der Waals surface area contributed by atoms with E-state index in [0.29, 0.717) is 5.92 Å². The maximum absolute atomic E-state index is 12.6. The summed E-state index contributed by atoms with van der Waals surface area (Å²) in [4.78, 5) is 20.6. The molecule has 2 aliphatic heterocycles. The third-order valence-corrected chi connectivity index (χ3v) is 6.01. The molecule has 6 heteroatoms. The summed E-state index contributed by atoms with van der Waals surface area (Å²) in [6.07, 6.45) is 3.47. The molecule has 2 aliphatic rings. The van der Waals surface area contributed by atoms with E-state index < -0.39 is 0 Å². The summed E-state index contributed by atoms with van der Waals surface area (Å²) in [7, 11) is 0. The number of anilines is 1. The van der Waals surface area contributed by atoms with Gasteiger partial charge < -0.3 is 10.1 Å². The van der Waals surface area contributed by atoms with Gasteiger partial charge in [0.2, 0.25) is 0 Å². The molecule has 0 radical (unpaired) electrons. The van der Waals surface area contributed by atoms with Crippen LogP contribution in [0.5, 0.6) is 0 Å². The van der Waals surface area contributed by atoms with Gasteiger partial charge in [-0.3, -0.25) is 14.7 Å². The van der Waals surface area contributed by atoms with Crippen LogP contribution in [0.4, 0.5) is 5.69 Å². The SMILES string of the molecule is Cc1ncccc1NC(=O)[C@@H]1C[C@H]2CCN(Cc3cccs3)C[C@H]2O1. The number of hydrogen-bond donors (Lipinski definition) is 1. The Bertz CT molecular complexity index is 734. The molecule has 4 heterocycles. The van der Waals surface area contributed by atoms with Crippen molar-refractivity contribution in [1.82, 2.24) is 9.88 Å². The largest absolute Gasteiger partial charge is 0.364 e. The van der Waals surface area contributed by atoms with Crippen molar-refractivity contribution >= 4 is 22.9 Å². The summed E-state index contributed by atoms with van der Waals surface area (Å²) in [5.41, 5.74) is 1.60. The number of fused-ring (bicyclic) bond motifs is 1. The van der Waals surface area contributed by atoms with Crippen molar-refractivity contribution in [1.29, 1.82) is 0 Å². The number of rotatable bonds is 4. The van der Waals surface area contributed by atoms with E-state index in [1.807, 2.05) is 19.1 Å². The minimum absolute atomic E-state index is 0.0460. The van der Waals surface area contributed by atoms with Gasteiger partial charge in [-0.05, 0) is 55.8 Å². The predicted octanol–water partition coefficient (Wildman–Crippen LogP) is 3.07. The average Bonchev–Trinajstić information content (AvgIpc) is 3.26. The van der Waals surface area contributed by atoms with Crippen molar-refractivity contribution in [2.45, 2.75) is 38.5 Å². The van der Waals surface area contributed by atoms with Crippen LogP contribution in [-0.4, -0.2) is 41.1 Å². The molecule has 132 valence electrons. The Balaban J connectivity index is 1.34. The number of carbonyl (C=O) groups is 1. The van der Waals surface area contributed by atoms with Crippen molar-refractivity contribution in [3.63, 3.8) is 0 Å². The molecule has 2 aromatic heterocycles. The van der Waals surface area contributed by atoms with Crippen molar-refractivity contribution in [3.8, 4) is 0 Å². The number of hydrogen-bond acceptors (Lipinski definition) is 5. The molecule has 0 saturated carbocycles. The van der Waals surface area contributed by atoms with Gasteiger partial charge in [0, 0.05) is 24.2 Å². The molecule has 0 aliphatic carbocycles. The lowest BCUT2D eigenvalue weighted by Gasteiger charge is -2.33. The fourth-order valence-electron chi connectivity index (χ4n) is 3.76. The zero-order chi connectivity index (χ0) is 17.2. The lowest BCUT2D eigenvalue weighted by atomic mass is 9.91. The Morgan fingerprint density at radius 2 is 2.36 bits per heavy atom. The minimum atomic E-state index is -0.351. The van der Waals surface area contributed by atoms with E-state index in [1.54, 1.807) is 17.5 Å². The van der Waals surface area contributed by atoms with Gasteiger partial charge in [-0.1, -0.05) is 6.07 Å². The van der Waals surface area contributed by atoms with Crippen molar-refractivity contribution in [3.05, 3.63) is 46.4 Å². The zero-order valence-electron chi connectivity index (χ0n) is 14.4. The number of pyridine rings is 1. The molecule has 0 aromatic carbocycles. The maximum atomic E-state index is 12.6. The highest BCUT2D eigenvalue weighted by atomic mass is 32.1. The van der Waals surface area contributed by atoms with Crippen LogP contribution in [0.1, 0.15) is 23.4 Å². The van der Waals surface area contributed by atoms with E-state index in [4.69, 9.17) is 4.74 Å². The van der Waals surface area contributed by atoms with Crippen LogP contribution < -0.4 is 5.32 Å². The first-order valence-electron chi connectivity index (χ1n) is 8.82. The monoisotopic (exact) mass is 357 g/mol. The van der Waals surface area contributed by atoms with E-state index >= 15 is 0 Å². The lowest BCUT2D eigenvalue weighted by Crippen LogP contribution is -2.41. The zero-order valence-corrected chi connectivity index (χ0v) is 15.2. The Morgan fingerprint density at radius 3 is 3.16 bits per heavy atom. The fourth-order valence-corrected chi connectivity index (χ4v) is 4.51. The molecule has 3 atom stereocenters. The Morgan fingerprint density at radius 1 is 1.44 bits per heavy atom. The number of likely N-dealkylation sites (tertiary alicyclic amines) is 1. The van der Waals surface area contributed by atoms with Crippen LogP contribution in [0.15, 0.2) is 35.8 Å². The summed E-state index contributed by atoms with van der Waals surface area (Å²) in [6, 6.07) is 7.99. The average molecular weight is 357 g/mol. The first-order chi connectivity index (χ1) is 12.2. The van der Waals surface area contributed by atoms with Gasteiger partial charge in [-0.25, -0.2) is 0 Å². The van der Waals surface area contributed by atoms with E-state index in [2.05, 4.69) is 32.7 Å². The Kier molecular flexibility index (Phi) is 4.83. The number of thiophene rings is 1. The van der Waals surface area contributed by atoms with Crippen LogP contribution in [-0.2, 0) is 16.1 Å². The molecule has 0 unspecified atom stereocenters. The third kappa shape index (κ3) is 3.76. The van der Waals surface area contributed by atoms with E-state index in [1.165, 1.54) is 4.88 Å². The molecule has 25 heavy (non-hydrogen) atoms. The quantitative estimate of drug-likeness (QED) is 0.914. The second kappa shape index (κ2) is 7.23. The molecular formula is C19H23N3O2S. The van der Waals surface area contributed by atoms with Crippen molar-refractivity contribution < 1.29 is 9.53 Å². The summed E-state index contributed by atoms with van der Waals surface area (Å²) in [5, 5.41) is 5.09. The predicted molar refractivity (Wildman–Crippen MR) is 98.6 cm³/mol. The topological polar surface area (TPSA) is 54.5 Å². The Hall–Kier alpha value is -1.76. The molecule has 2 aromatic rings. The third-order valence-electron chi connectivity index (χ3n) is 5.15. The molecule has 5 nitrogen and oxygen atoms in total. The smallest absolute Gasteiger partial charge is 0.253 e. The molecule has 0 bridgehead atoms. The summed E-state index contributed by atoms with van der Waals surface area (Å²) >= 11 is 1.80. The van der Waals surface area contributed by atoms with Gasteiger partial charge in [-0.15, -0.1) is 11.3 Å². The number of nitrogens with one attached hydrogen (secondary N) is 1. The maximum Gasteiger partial charge on any atom is 0.253 e. The first kappa shape index (κ1) is 16.7. The number of aromatic nitrogens is 1. The molecule has 4 rings (SSSR count). The molecule has 2 fully saturated rings. The number of amides is 1. The second-order valence-corrected chi connectivity index (χ2v) is 7.92.